The van der Waals surface area contributed by atoms with E-state index in [1.165, 1.54) is 16.7 Å². The number of ether oxygens (including phenoxy) is 1. The summed E-state index contributed by atoms with van der Waals surface area (Å²) in [5, 5.41) is 2.85. The van der Waals surface area contributed by atoms with E-state index in [9.17, 15) is 9.59 Å². The Bertz CT molecular complexity index is 1010. The largest absolute Gasteiger partial charge is 0.492 e. The quantitative estimate of drug-likeness (QED) is 0.724. The third kappa shape index (κ3) is 4.64. The summed E-state index contributed by atoms with van der Waals surface area (Å²) < 4.78 is 7.08. The molecular weight excluding hydrogens is 340 g/mol. The zero-order valence-corrected chi connectivity index (χ0v) is 15.4. The molecule has 0 fully saturated rings. The Morgan fingerprint density at radius 1 is 1.07 bits per heavy atom. The third-order valence-electron chi connectivity index (χ3n) is 4.12. The molecule has 0 aliphatic heterocycles. The van der Waals surface area contributed by atoms with Crippen LogP contribution in [0.3, 0.4) is 0 Å². The van der Waals surface area contributed by atoms with Crippen molar-refractivity contribution in [3.63, 3.8) is 0 Å². The first-order chi connectivity index (χ1) is 13.1. The van der Waals surface area contributed by atoms with Gasteiger partial charge in [0.15, 0.2) is 0 Å². The lowest BCUT2D eigenvalue weighted by atomic mass is 10.1. The number of aryl methyl sites for hydroxylation is 1. The van der Waals surface area contributed by atoms with Crippen molar-refractivity contribution in [2.45, 2.75) is 20.4 Å². The van der Waals surface area contributed by atoms with Crippen LogP contribution in [-0.2, 0) is 6.54 Å². The molecule has 0 saturated heterocycles. The van der Waals surface area contributed by atoms with E-state index < -0.39 is 0 Å². The number of benzene rings is 2. The molecule has 0 saturated carbocycles. The summed E-state index contributed by atoms with van der Waals surface area (Å²) in [6.45, 7) is 4.82. The lowest BCUT2D eigenvalue weighted by Gasteiger charge is -2.12. The van der Waals surface area contributed by atoms with Gasteiger partial charge in [-0.2, -0.15) is 0 Å². The molecule has 0 spiro atoms. The zero-order chi connectivity index (χ0) is 19.2. The van der Waals surface area contributed by atoms with Crippen LogP contribution in [0.25, 0.3) is 0 Å². The lowest BCUT2D eigenvalue weighted by Crippen LogP contribution is -2.22. The second-order valence-corrected chi connectivity index (χ2v) is 6.26. The Kier molecular flexibility index (Phi) is 5.71. The molecule has 0 unspecified atom stereocenters. The number of carbonyl (C=O) groups is 1. The van der Waals surface area contributed by atoms with Crippen LogP contribution in [0.15, 0.2) is 71.7 Å². The molecule has 5 heteroatoms. The Morgan fingerprint density at radius 2 is 1.89 bits per heavy atom. The molecule has 27 heavy (non-hydrogen) atoms. The highest BCUT2D eigenvalue weighted by atomic mass is 16.5. The number of nitrogens with zero attached hydrogens (tertiary/aromatic N) is 1. The van der Waals surface area contributed by atoms with Crippen molar-refractivity contribution < 1.29 is 9.53 Å². The standard InChI is InChI=1S/C22H22N2O3/c1-3-27-20-10-5-4-9-19(20)23-22(26)18-11-12-21(25)24(15-18)14-17-8-6-7-16(2)13-17/h4-13,15H,3,14H2,1-2H3,(H,23,26). The monoisotopic (exact) mass is 362 g/mol. The maximum atomic E-state index is 12.7. The fraction of sp³-hybridized carbons (Fsp3) is 0.182. The minimum absolute atomic E-state index is 0.150. The maximum Gasteiger partial charge on any atom is 0.257 e. The van der Waals surface area contributed by atoms with Gasteiger partial charge < -0.3 is 14.6 Å². The van der Waals surface area contributed by atoms with Gasteiger partial charge in [-0.1, -0.05) is 42.0 Å². The Hall–Kier alpha value is -3.34. The van der Waals surface area contributed by atoms with Gasteiger partial charge in [0, 0.05) is 12.3 Å². The van der Waals surface area contributed by atoms with Gasteiger partial charge in [0.25, 0.3) is 11.5 Å². The van der Waals surface area contributed by atoms with Gasteiger partial charge in [0.1, 0.15) is 5.75 Å². The molecule has 0 aliphatic carbocycles. The number of rotatable bonds is 6. The van der Waals surface area contributed by atoms with Crippen molar-refractivity contribution in [1.29, 1.82) is 0 Å². The fourth-order valence-corrected chi connectivity index (χ4v) is 2.84. The minimum atomic E-state index is -0.292. The Balaban J connectivity index is 1.83. The van der Waals surface area contributed by atoms with Crippen LogP contribution in [0.2, 0.25) is 0 Å². The molecule has 0 bridgehead atoms. The molecule has 1 amide bonds. The summed E-state index contributed by atoms with van der Waals surface area (Å²) in [4.78, 5) is 24.9. The van der Waals surface area contributed by atoms with Crippen molar-refractivity contribution in [1.82, 2.24) is 4.57 Å². The van der Waals surface area contributed by atoms with Crippen LogP contribution in [-0.4, -0.2) is 17.1 Å². The SMILES string of the molecule is CCOc1ccccc1NC(=O)c1ccc(=O)n(Cc2cccc(C)c2)c1. The van der Waals surface area contributed by atoms with Crippen LogP contribution >= 0.6 is 0 Å². The van der Waals surface area contributed by atoms with Gasteiger partial charge in [-0.05, 0) is 37.6 Å². The second-order valence-electron chi connectivity index (χ2n) is 6.26. The van der Waals surface area contributed by atoms with E-state index in [0.717, 1.165) is 11.1 Å². The molecule has 3 aromatic rings. The van der Waals surface area contributed by atoms with Gasteiger partial charge in [-0.15, -0.1) is 0 Å². The first-order valence-electron chi connectivity index (χ1n) is 8.86. The van der Waals surface area contributed by atoms with Crippen LogP contribution in [0.1, 0.15) is 28.4 Å². The van der Waals surface area contributed by atoms with E-state index in [-0.39, 0.29) is 11.5 Å². The predicted molar refractivity (Wildman–Crippen MR) is 107 cm³/mol. The molecule has 1 aromatic heterocycles. The first-order valence-corrected chi connectivity index (χ1v) is 8.86. The highest BCUT2D eigenvalue weighted by Crippen LogP contribution is 2.24. The van der Waals surface area contributed by atoms with Gasteiger partial charge in [0.05, 0.1) is 24.4 Å². The summed E-state index contributed by atoms with van der Waals surface area (Å²) in [6, 6.07) is 18.2. The van der Waals surface area contributed by atoms with E-state index in [4.69, 9.17) is 4.74 Å². The van der Waals surface area contributed by atoms with Gasteiger partial charge in [0.2, 0.25) is 0 Å². The number of hydrogen-bond donors (Lipinski definition) is 1. The number of nitrogens with one attached hydrogen (secondary N) is 1. The summed E-state index contributed by atoms with van der Waals surface area (Å²) in [6.07, 6.45) is 1.59. The van der Waals surface area contributed by atoms with Gasteiger partial charge >= 0.3 is 0 Å². The average Bonchev–Trinajstić information content (AvgIpc) is 2.65. The number of para-hydroxylation sites is 2. The average molecular weight is 362 g/mol. The molecule has 5 nitrogen and oxygen atoms in total. The molecule has 1 heterocycles. The first kappa shape index (κ1) is 18.5. The van der Waals surface area contributed by atoms with Crippen LogP contribution in [0.4, 0.5) is 5.69 Å². The smallest absolute Gasteiger partial charge is 0.257 e. The summed E-state index contributed by atoms with van der Waals surface area (Å²) >= 11 is 0. The number of anilines is 1. The molecule has 3 rings (SSSR count). The Labute approximate surface area is 158 Å². The summed E-state index contributed by atoms with van der Waals surface area (Å²) in [5.41, 5.74) is 3.00. The van der Waals surface area contributed by atoms with E-state index in [1.807, 2.05) is 50.2 Å². The van der Waals surface area contributed by atoms with E-state index in [2.05, 4.69) is 5.32 Å². The zero-order valence-electron chi connectivity index (χ0n) is 15.4. The summed E-state index contributed by atoms with van der Waals surface area (Å²) in [5.74, 6) is 0.321. The van der Waals surface area contributed by atoms with Crippen LogP contribution in [0.5, 0.6) is 5.75 Å². The molecule has 0 aliphatic rings. The predicted octanol–water partition coefficient (Wildman–Crippen LogP) is 3.86. The van der Waals surface area contributed by atoms with Crippen LogP contribution < -0.4 is 15.6 Å². The van der Waals surface area contributed by atoms with E-state index in [0.29, 0.717) is 30.2 Å². The molecule has 1 N–H and O–H groups in total. The fourth-order valence-electron chi connectivity index (χ4n) is 2.84. The van der Waals surface area contributed by atoms with E-state index >= 15 is 0 Å². The van der Waals surface area contributed by atoms with Crippen molar-refractivity contribution in [3.8, 4) is 5.75 Å². The molecule has 0 atom stereocenters. The normalized spacial score (nSPS) is 10.4. The number of hydrogen-bond acceptors (Lipinski definition) is 3. The Morgan fingerprint density at radius 3 is 2.67 bits per heavy atom. The number of pyridine rings is 1. The van der Waals surface area contributed by atoms with Crippen LogP contribution in [0, 0.1) is 6.92 Å². The topological polar surface area (TPSA) is 60.3 Å². The van der Waals surface area contributed by atoms with Crippen molar-refractivity contribution in [2.75, 3.05) is 11.9 Å². The van der Waals surface area contributed by atoms with Crippen molar-refractivity contribution >= 4 is 11.6 Å². The number of amides is 1. The number of aromatic nitrogens is 1. The lowest BCUT2D eigenvalue weighted by molar-refractivity contribution is 0.102. The maximum absolute atomic E-state index is 12.7. The second kappa shape index (κ2) is 8.36. The molecule has 0 radical (unpaired) electrons. The molecule has 2 aromatic carbocycles. The number of carbonyl (C=O) groups excluding carboxylic acids is 1. The molecular formula is C22H22N2O3. The van der Waals surface area contributed by atoms with Gasteiger partial charge in [-0.3, -0.25) is 9.59 Å². The third-order valence-corrected chi connectivity index (χ3v) is 4.12. The highest BCUT2D eigenvalue weighted by Gasteiger charge is 2.11. The highest BCUT2D eigenvalue weighted by molar-refractivity contribution is 6.04. The van der Waals surface area contributed by atoms with Crippen molar-refractivity contribution in [3.05, 3.63) is 93.9 Å². The summed E-state index contributed by atoms with van der Waals surface area (Å²) in [7, 11) is 0. The van der Waals surface area contributed by atoms with Crippen molar-refractivity contribution in [2.24, 2.45) is 0 Å². The van der Waals surface area contributed by atoms with Gasteiger partial charge in [-0.25, -0.2) is 0 Å². The molecule has 138 valence electrons. The van der Waals surface area contributed by atoms with E-state index in [1.54, 1.807) is 18.3 Å². The minimum Gasteiger partial charge on any atom is -0.492 e.